The van der Waals surface area contributed by atoms with Crippen molar-refractivity contribution in [2.45, 2.75) is 25.8 Å². The second-order valence-corrected chi connectivity index (χ2v) is 3.75. The molecule has 4 heteroatoms. The lowest BCUT2D eigenvalue weighted by Crippen LogP contribution is -2.20. The summed E-state index contributed by atoms with van der Waals surface area (Å²) < 4.78 is 5.30. The molecule has 16 heavy (non-hydrogen) atoms. The minimum atomic E-state index is 0.187. The molecule has 0 aliphatic heterocycles. The molecule has 0 aliphatic rings. The van der Waals surface area contributed by atoms with Crippen molar-refractivity contribution in [2.75, 3.05) is 11.9 Å². The molecule has 0 aliphatic carbocycles. The highest BCUT2D eigenvalue weighted by atomic mass is 16.3. The van der Waals surface area contributed by atoms with E-state index in [0.717, 1.165) is 29.6 Å². The third-order valence-corrected chi connectivity index (χ3v) is 2.69. The second-order valence-electron chi connectivity index (χ2n) is 3.75. The fourth-order valence-electron chi connectivity index (χ4n) is 1.74. The Kier molecular flexibility index (Phi) is 3.41. The van der Waals surface area contributed by atoms with Gasteiger partial charge in [-0.05, 0) is 25.0 Å². The SMILES string of the molecule is CCC(CCO)Nc1nccc2occc12. The first-order valence-electron chi connectivity index (χ1n) is 5.54. The summed E-state index contributed by atoms with van der Waals surface area (Å²) in [4.78, 5) is 4.30. The first-order chi connectivity index (χ1) is 7.85. The fourth-order valence-corrected chi connectivity index (χ4v) is 1.74. The van der Waals surface area contributed by atoms with Crippen LogP contribution < -0.4 is 5.32 Å². The predicted octanol–water partition coefficient (Wildman–Crippen LogP) is 2.40. The Bertz CT molecular complexity index is 453. The predicted molar refractivity (Wildman–Crippen MR) is 63.4 cm³/mol. The number of fused-ring (bicyclic) bond motifs is 1. The van der Waals surface area contributed by atoms with Crippen LogP contribution in [0.25, 0.3) is 11.0 Å². The molecule has 4 nitrogen and oxygen atoms in total. The average molecular weight is 220 g/mol. The van der Waals surface area contributed by atoms with Crippen molar-refractivity contribution < 1.29 is 9.52 Å². The first kappa shape index (κ1) is 11.0. The Morgan fingerprint density at radius 2 is 2.38 bits per heavy atom. The van der Waals surface area contributed by atoms with E-state index in [1.165, 1.54) is 0 Å². The van der Waals surface area contributed by atoms with Gasteiger partial charge < -0.3 is 14.8 Å². The Morgan fingerprint density at radius 3 is 3.12 bits per heavy atom. The number of pyridine rings is 1. The van der Waals surface area contributed by atoms with E-state index >= 15 is 0 Å². The lowest BCUT2D eigenvalue weighted by atomic mass is 10.1. The summed E-state index contributed by atoms with van der Waals surface area (Å²) in [5, 5.41) is 13.3. The molecule has 0 aromatic carbocycles. The van der Waals surface area contributed by atoms with E-state index < -0.39 is 0 Å². The fraction of sp³-hybridized carbons (Fsp3) is 0.417. The molecule has 1 unspecified atom stereocenters. The molecule has 0 saturated carbocycles. The molecule has 1 atom stereocenters. The van der Waals surface area contributed by atoms with Crippen molar-refractivity contribution in [3.63, 3.8) is 0 Å². The summed E-state index contributed by atoms with van der Waals surface area (Å²) >= 11 is 0. The first-order valence-corrected chi connectivity index (χ1v) is 5.54. The van der Waals surface area contributed by atoms with Crippen molar-refractivity contribution in [2.24, 2.45) is 0 Å². The number of furan rings is 1. The van der Waals surface area contributed by atoms with Gasteiger partial charge in [-0.1, -0.05) is 6.92 Å². The zero-order chi connectivity index (χ0) is 11.4. The van der Waals surface area contributed by atoms with E-state index in [2.05, 4.69) is 17.2 Å². The largest absolute Gasteiger partial charge is 0.464 e. The molecule has 2 aromatic heterocycles. The van der Waals surface area contributed by atoms with Crippen molar-refractivity contribution in [1.29, 1.82) is 0 Å². The van der Waals surface area contributed by atoms with Crippen LogP contribution in [0.1, 0.15) is 19.8 Å². The zero-order valence-electron chi connectivity index (χ0n) is 9.31. The number of nitrogens with zero attached hydrogens (tertiary/aromatic N) is 1. The van der Waals surface area contributed by atoms with Gasteiger partial charge >= 0.3 is 0 Å². The minimum absolute atomic E-state index is 0.187. The number of anilines is 1. The van der Waals surface area contributed by atoms with Crippen molar-refractivity contribution >= 4 is 16.8 Å². The van der Waals surface area contributed by atoms with Crippen LogP contribution in [0.3, 0.4) is 0 Å². The summed E-state index contributed by atoms with van der Waals surface area (Å²) in [6.45, 7) is 2.27. The van der Waals surface area contributed by atoms with Crippen LogP contribution in [0.4, 0.5) is 5.82 Å². The second kappa shape index (κ2) is 4.99. The Balaban J connectivity index is 2.22. The van der Waals surface area contributed by atoms with Crippen LogP contribution in [0.5, 0.6) is 0 Å². The number of rotatable bonds is 5. The monoisotopic (exact) mass is 220 g/mol. The van der Waals surface area contributed by atoms with E-state index in [4.69, 9.17) is 9.52 Å². The molecule has 0 spiro atoms. The van der Waals surface area contributed by atoms with Crippen molar-refractivity contribution in [1.82, 2.24) is 4.98 Å². The molecule has 86 valence electrons. The van der Waals surface area contributed by atoms with Crippen molar-refractivity contribution in [3.05, 3.63) is 24.6 Å². The van der Waals surface area contributed by atoms with Gasteiger partial charge in [0.1, 0.15) is 11.4 Å². The molecule has 0 fully saturated rings. The average Bonchev–Trinajstić information content (AvgIpc) is 2.77. The maximum atomic E-state index is 8.94. The summed E-state index contributed by atoms with van der Waals surface area (Å²) in [7, 11) is 0. The maximum Gasteiger partial charge on any atom is 0.139 e. The van der Waals surface area contributed by atoms with Gasteiger partial charge in [-0.2, -0.15) is 0 Å². The Labute approximate surface area is 94.3 Å². The summed E-state index contributed by atoms with van der Waals surface area (Å²) in [6, 6.07) is 3.99. The maximum absolute atomic E-state index is 8.94. The van der Waals surface area contributed by atoms with Gasteiger partial charge in [0.25, 0.3) is 0 Å². The number of aliphatic hydroxyl groups excluding tert-OH is 1. The standard InChI is InChI=1S/C12H16N2O2/c1-2-9(4-7-15)14-12-10-5-8-16-11(10)3-6-13-12/h3,5-6,8-9,15H,2,4,7H2,1H3,(H,13,14). The quantitative estimate of drug-likeness (QED) is 0.812. The molecule has 0 radical (unpaired) electrons. The van der Waals surface area contributed by atoms with Gasteiger partial charge in [-0.15, -0.1) is 0 Å². The highest BCUT2D eigenvalue weighted by Crippen LogP contribution is 2.22. The van der Waals surface area contributed by atoms with Crippen LogP contribution >= 0.6 is 0 Å². The Morgan fingerprint density at radius 1 is 1.50 bits per heavy atom. The molecule has 2 rings (SSSR count). The zero-order valence-corrected chi connectivity index (χ0v) is 9.31. The normalized spacial score (nSPS) is 12.9. The van der Waals surface area contributed by atoms with Gasteiger partial charge in [-0.25, -0.2) is 4.98 Å². The van der Waals surface area contributed by atoms with E-state index in [1.54, 1.807) is 12.5 Å². The molecule has 0 saturated heterocycles. The lowest BCUT2D eigenvalue weighted by molar-refractivity contribution is 0.278. The van der Waals surface area contributed by atoms with Crippen LogP contribution in [0.15, 0.2) is 29.0 Å². The number of aromatic nitrogens is 1. The van der Waals surface area contributed by atoms with Gasteiger partial charge in [0.05, 0.1) is 11.6 Å². The molecule has 2 heterocycles. The molecule has 0 bridgehead atoms. The van der Waals surface area contributed by atoms with Gasteiger partial charge in [0.2, 0.25) is 0 Å². The van der Waals surface area contributed by atoms with E-state index in [9.17, 15) is 0 Å². The molecule has 2 aromatic rings. The van der Waals surface area contributed by atoms with Crippen LogP contribution in [-0.2, 0) is 0 Å². The third-order valence-electron chi connectivity index (χ3n) is 2.69. The lowest BCUT2D eigenvalue weighted by Gasteiger charge is -2.16. The van der Waals surface area contributed by atoms with Gasteiger partial charge in [0, 0.05) is 18.8 Å². The van der Waals surface area contributed by atoms with Crippen LogP contribution in [0.2, 0.25) is 0 Å². The summed E-state index contributed by atoms with van der Waals surface area (Å²) in [6.07, 6.45) is 5.06. The molecule has 2 N–H and O–H groups in total. The number of hydrogen-bond donors (Lipinski definition) is 2. The number of hydrogen-bond acceptors (Lipinski definition) is 4. The highest BCUT2D eigenvalue weighted by molar-refractivity contribution is 5.87. The van der Waals surface area contributed by atoms with Gasteiger partial charge in [-0.3, -0.25) is 0 Å². The highest BCUT2D eigenvalue weighted by Gasteiger charge is 2.09. The van der Waals surface area contributed by atoms with Crippen molar-refractivity contribution in [3.8, 4) is 0 Å². The smallest absolute Gasteiger partial charge is 0.139 e. The number of aliphatic hydroxyl groups is 1. The minimum Gasteiger partial charge on any atom is -0.464 e. The summed E-state index contributed by atoms with van der Waals surface area (Å²) in [5.41, 5.74) is 0.830. The molecule has 0 amide bonds. The van der Waals surface area contributed by atoms with E-state index in [0.29, 0.717) is 0 Å². The Hall–Kier alpha value is -1.55. The van der Waals surface area contributed by atoms with E-state index in [1.807, 2.05) is 12.1 Å². The van der Waals surface area contributed by atoms with Crippen LogP contribution in [0, 0.1) is 0 Å². The number of nitrogens with one attached hydrogen (secondary N) is 1. The third kappa shape index (κ3) is 2.17. The summed E-state index contributed by atoms with van der Waals surface area (Å²) in [5.74, 6) is 0.826. The van der Waals surface area contributed by atoms with Crippen LogP contribution in [-0.4, -0.2) is 22.7 Å². The molecular weight excluding hydrogens is 204 g/mol. The van der Waals surface area contributed by atoms with E-state index in [-0.39, 0.29) is 12.6 Å². The van der Waals surface area contributed by atoms with Gasteiger partial charge in [0.15, 0.2) is 0 Å². The topological polar surface area (TPSA) is 58.3 Å². The molecular formula is C12H16N2O2.